The minimum atomic E-state index is -0.605. The maximum Gasteiger partial charge on any atom is 0.407 e. The molecule has 3 aromatic rings. The van der Waals surface area contributed by atoms with Gasteiger partial charge in [-0.05, 0) is 51.1 Å². The fraction of sp³-hybridized carbons (Fsp3) is 0.304. The Bertz CT molecular complexity index is 1140. The second-order valence-electron chi connectivity index (χ2n) is 8.00. The van der Waals surface area contributed by atoms with Gasteiger partial charge in [0.1, 0.15) is 29.8 Å². The van der Waals surface area contributed by atoms with Crippen LogP contribution in [0.15, 0.2) is 42.7 Å². The van der Waals surface area contributed by atoms with Crippen molar-refractivity contribution >= 4 is 6.09 Å². The average molecular weight is 437 g/mol. The van der Waals surface area contributed by atoms with Crippen LogP contribution in [0.25, 0.3) is 22.4 Å². The Morgan fingerprint density at radius 2 is 1.94 bits per heavy atom. The minimum Gasteiger partial charge on any atom is -0.488 e. The number of ether oxygens (including phenoxy) is 2. The van der Waals surface area contributed by atoms with Crippen molar-refractivity contribution in [1.29, 1.82) is 5.26 Å². The summed E-state index contributed by atoms with van der Waals surface area (Å²) in [5, 5.41) is 16.6. The van der Waals surface area contributed by atoms with E-state index in [-0.39, 0.29) is 30.4 Å². The molecule has 8 nitrogen and oxygen atoms in total. The molecule has 9 heteroatoms. The van der Waals surface area contributed by atoms with Crippen LogP contribution in [0.3, 0.4) is 0 Å². The van der Waals surface area contributed by atoms with Gasteiger partial charge in [-0.3, -0.25) is 4.68 Å². The largest absolute Gasteiger partial charge is 0.488 e. The zero-order valence-corrected chi connectivity index (χ0v) is 18.3. The first-order chi connectivity index (χ1) is 15.2. The monoisotopic (exact) mass is 437 g/mol. The molecule has 0 saturated heterocycles. The smallest absolute Gasteiger partial charge is 0.407 e. The van der Waals surface area contributed by atoms with Crippen molar-refractivity contribution in [3.8, 4) is 34.2 Å². The first kappa shape index (κ1) is 22.7. The van der Waals surface area contributed by atoms with Crippen LogP contribution >= 0.6 is 0 Å². The molecule has 1 N–H and O–H groups in total. The number of nitrogens with zero attached hydrogens (tertiary/aromatic N) is 4. The molecule has 0 aliphatic heterocycles. The Labute approximate surface area is 185 Å². The summed E-state index contributed by atoms with van der Waals surface area (Å²) in [6.07, 6.45) is 2.75. The lowest BCUT2D eigenvalue weighted by atomic mass is 10.0. The summed E-state index contributed by atoms with van der Waals surface area (Å²) in [6, 6.07) is 9.76. The molecule has 0 saturated carbocycles. The van der Waals surface area contributed by atoms with E-state index in [9.17, 15) is 14.4 Å². The van der Waals surface area contributed by atoms with E-state index in [0.717, 1.165) is 5.56 Å². The summed E-state index contributed by atoms with van der Waals surface area (Å²) in [5.41, 5.74) is 2.14. The van der Waals surface area contributed by atoms with Gasteiger partial charge in [0.15, 0.2) is 11.4 Å². The SMILES string of the molecule is Cn1cc(-c2ccnc(C#N)c2OCCNC(=O)OC(C)(C)C)c(-c2ccc(F)cc2)n1. The molecular formula is C23H24FN5O3. The molecule has 0 aliphatic rings. The third-order valence-corrected chi connectivity index (χ3v) is 4.26. The summed E-state index contributed by atoms with van der Waals surface area (Å²) >= 11 is 0. The lowest BCUT2D eigenvalue weighted by Crippen LogP contribution is -2.34. The Balaban J connectivity index is 1.86. The fourth-order valence-electron chi connectivity index (χ4n) is 3.01. The summed E-state index contributed by atoms with van der Waals surface area (Å²) in [5.74, 6) is -0.0687. The topological polar surface area (TPSA) is 102 Å². The minimum absolute atomic E-state index is 0.0960. The highest BCUT2D eigenvalue weighted by molar-refractivity contribution is 5.84. The van der Waals surface area contributed by atoms with Gasteiger partial charge >= 0.3 is 6.09 Å². The number of alkyl carbamates (subject to hydrolysis) is 1. The van der Waals surface area contributed by atoms with Gasteiger partial charge in [-0.2, -0.15) is 10.4 Å². The van der Waals surface area contributed by atoms with Crippen LogP contribution < -0.4 is 10.1 Å². The maximum absolute atomic E-state index is 13.4. The molecule has 0 bridgehead atoms. The summed E-state index contributed by atoms with van der Waals surface area (Å²) in [4.78, 5) is 15.9. The van der Waals surface area contributed by atoms with Gasteiger partial charge in [0.05, 0.1) is 6.54 Å². The highest BCUT2D eigenvalue weighted by atomic mass is 19.1. The molecule has 0 aliphatic carbocycles. The van der Waals surface area contributed by atoms with E-state index in [0.29, 0.717) is 16.8 Å². The van der Waals surface area contributed by atoms with E-state index in [1.807, 2.05) is 6.07 Å². The van der Waals surface area contributed by atoms with Crippen LogP contribution in [-0.4, -0.2) is 39.6 Å². The summed E-state index contributed by atoms with van der Waals surface area (Å²) in [7, 11) is 1.77. The number of carbonyl (C=O) groups is 1. The maximum atomic E-state index is 13.4. The zero-order chi connectivity index (χ0) is 23.3. The number of nitriles is 1. The molecular weight excluding hydrogens is 413 g/mol. The molecule has 32 heavy (non-hydrogen) atoms. The van der Waals surface area contributed by atoms with Crippen molar-refractivity contribution in [3.05, 3.63) is 54.2 Å². The molecule has 3 rings (SSSR count). The number of carbonyl (C=O) groups excluding carboxylic acids is 1. The Kier molecular flexibility index (Phi) is 6.73. The van der Waals surface area contributed by atoms with Crippen LogP contribution in [0.2, 0.25) is 0 Å². The van der Waals surface area contributed by atoms with E-state index >= 15 is 0 Å². The van der Waals surface area contributed by atoms with Crippen molar-refractivity contribution in [1.82, 2.24) is 20.1 Å². The van der Waals surface area contributed by atoms with Gasteiger partial charge in [-0.1, -0.05) is 0 Å². The quantitative estimate of drug-likeness (QED) is 0.584. The Morgan fingerprint density at radius 1 is 1.22 bits per heavy atom. The number of hydrogen-bond donors (Lipinski definition) is 1. The normalized spacial score (nSPS) is 11.0. The number of aryl methyl sites for hydroxylation is 1. The van der Waals surface area contributed by atoms with Gasteiger partial charge < -0.3 is 14.8 Å². The van der Waals surface area contributed by atoms with Gasteiger partial charge in [-0.25, -0.2) is 14.2 Å². The third-order valence-electron chi connectivity index (χ3n) is 4.26. The Morgan fingerprint density at radius 3 is 2.59 bits per heavy atom. The van der Waals surface area contributed by atoms with E-state index in [1.165, 1.54) is 18.3 Å². The lowest BCUT2D eigenvalue weighted by molar-refractivity contribution is 0.0520. The number of halogens is 1. The highest BCUT2D eigenvalue weighted by Gasteiger charge is 2.20. The number of hydrogen-bond acceptors (Lipinski definition) is 6. The van der Waals surface area contributed by atoms with Gasteiger partial charge in [-0.15, -0.1) is 0 Å². The van der Waals surface area contributed by atoms with Crippen molar-refractivity contribution in [2.45, 2.75) is 26.4 Å². The van der Waals surface area contributed by atoms with Crippen LogP contribution in [-0.2, 0) is 11.8 Å². The molecule has 2 heterocycles. The van der Waals surface area contributed by atoms with Gasteiger partial charge in [0.2, 0.25) is 0 Å². The summed E-state index contributed by atoms with van der Waals surface area (Å²) < 4.78 is 26.1. The van der Waals surface area contributed by atoms with Crippen LogP contribution in [0.5, 0.6) is 5.75 Å². The van der Waals surface area contributed by atoms with Crippen molar-refractivity contribution < 1.29 is 18.7 Å². The van der Waals surface area contributed by atoms with E-state index in [1.54, 1.807) is 56.9 Å². The zero-order valence-electron chi connectivity index (χ0n) is 18.3. The second kappa shape index (κ2) is 9.47. The first-order valence-electron chi connectivity index (χ1n) is 9.96. The Hall–Kier alpha value is -3.93. The molecule has 0 radical (unpaired) electrons. The van der Waals surface area contributed by atoms with Crippen LogP contribution in [0.4, 0.5) is 9.18 Å². The van der Waals surface area contributed by atoms with E-state index < -0.39 is 11.7 Å². The standard InChI is InChI=1S/C23H24FN5O3/c1-23(2,3)32-22(30)27-11-12-31-21-17(9-10-26-19(21)13-25)18-14-29(4)28-20(18)15-5-7-16(24)8-6-15/h5-10,14H,11-12H2,1-4H3,(H,27,30). The average Bonchev–Trinajstić information content (AvgIpc) is 3.11. The predicted octanol–water partition coefficient (Wildman–Crippen LogP) is 4.06. The molecule has 0 fully saturated rings. The second-order valence-corrected chi connectivity index (χ2v) is 8.00. The van der Waals surface area contributed by atoms with E-state index in [2.05, 4.69) is 15.4 Å². The molecule has 0 unspecified atom stereocenters. The summed E-state index contributed by atoms with van der Waals surface area (Å²) in [6.45, 7) is 5.59. The van der Waals surface area contributed by atoms with Crippen LogP contribution in [0.1, 0.15) is 26.5 Å². The number of nitrogens with one attached hydrogen (secondary N) is 1. The molecule has 2 aromatic heterocycles. The third kappa shape index (κ3) is 5.60. The lowest BCUT2D eigenvalue weighted by Gasteiger charge is -2.19. The van der Waals surface area contributed by atoms with Crippen molar-refractivity contribution in [3.63, 3.8) is 0 Å². The fourth-order valence-corrected chi connectivity index (χ4v) is 3.01. The molecule has 166 valence electrons. The predicted molar refractivity (Wildman–Crippen MR) is 116 cm³/mol. The van der Waals surface area contributed by atoms with Crippen LogP contribution in [0, 0.1) is 17.1 Å². The highest BCUT2D eigenvalue weighted by Crippen LogP contribution is 2.37. The number of aromatic nitrogens is 3. The molecule has 0 spiro atoms. The first-order valence-corrected chi connectivity index (χ1v) is 9.96. The van der Waals surface area contributed by atoms with Crippen molar-refractivity contribution in [2.24, 2.45) is 7.05 Å². The molecule has 1 amide bonds. The van der Waals surface area contributed by atoms with Gasteiger partial charge in [0.25, 0.3) is 0 Å². The van der Waals surface area contributed by atoms with Crippen molar-refractivity contribution in [2.75, 3.05) is 13.2 Å². The number of pyridine rings is 1. The number of rotatable bonds is 6. The number of amides is 1. The molecule has 1 aromatic carbocycles. The van der Waals surface area contributed by atoms with Gasteiger partial charge in [0, 0.05) is 36.1 Å². The number of benzene rings is 1. The van der Waals surface area contributed by atoms with E-state index in [4.69, 9.17) is 9.47 Å². The molecule has 0 atom stereocenters.